The maximum atomic E-state index is 13.1. The van der Waals surface area contributed by atoms with Gasteiger partial charge in [-0.15, -0.1) is 0 Å². The van der Waals surface area contributed by atoms with Gasteiger partial charge in [0, 0.05) is 22.1 Å². The lowest BCUT2D eigenvalue weighted by molar-refractivity contribution is -0.118. The van der Waals surface area contributed by atoms with E-state index >= 15 is 0 Å². The molecule has 0 spiro atoms. The van der Waals surface area contributed by atoms with Gasteiger partial charge in [0.1, 0.15) is 11.5 Å². The molecule has 0 atom stereocenters. The average molecular weight is 717 g/mol. The van der Waals surface area contributed by atoms with Gasteiger partial charge in [0.15, 0.2) is 13.2 Å². The second-order valence-corrected chi connectivity index (χ2v) is 13.6. The van der Waals surface area contributed by atoms with Crippen molar-refractivity contribution in [1.82, 2.24) is 0 Å². The van der Waals surface area contributed by atoms with E-state index in [0.29, 0.717) is 22.9 Å². The molecule has 1 aliphatic rings. The van der Waals surface area contributed by atoms with Crippen LogP contribution < -0.4 is 20.1 Å². The zero-order valence-corrected chi connectivity index (χ0v) is 29.9. The van der Waals surface area contributed by atoms with Crippen molar-refractivity contribution >= 4 is 44.7 Å². The lowest BCUT2D eigenvalue weighted by Gasteiger charge is -2.34. The monoisotopic (exact) mass is 716 g/mol. The highest BCUT2D eigenvalue weighted by Gasteiger charge is 2.45. The number of fused-ring (bicyclic) bond motifs is 5. The van der Waals surface area contributed by atoms with E-state index in [4.69, 9.17) is 9.47 Å². The van der Waals surface area contributed by atoms with Gasteiger partial charge < -0.3 is 20.1 Å². The van der Waals surface area contributed by atoms with Crippen molar-refractivity contribution in [3.05, 3.63) is 204 Å². The van der Waals surface area contributed by atoms with Crippen molar-refractivity contribution in [3.8, 4) is 22.6 Å². The van der Waals surface area contributed by atoms with Gasteiger partial charge in [-0.2, -0.15) is 0 Å². The van der Waals surface area contributed by atoms with E-state index in [1.54, 1.807) is 0 Å². The molecule has 0 heterocycles. The highest BCUT2D eigenvalue weighted by molar-refractivity contribution is 5.95. The average Bonchev–Trinajstić information content (AvgIpc) is 3.54. The first-order valence-electron chi connectivity index (χ1n) is 18.3. The SMILES string of the molecule is O=C(COc1cccc2ccccc12)Nc1ccc(C2(c3ccc(NC(=O)COc4cccc5ccccc45)cc3)c3ccccc3-c3ccccc32)cc1. The molecule has 1 aliphatic carbocycles. The Labute approximate surface area is 319 Å². The minimum Gasteiger partial charge on any atom is -0.483 e. The molecular weight excluding hydrogens is 681 g/mol. The predicted molar refractivity (Wildman–Crippen MR) is 220 cm³/mol. The summed E-state index contributed by atoms with van der Waals surface area (Å²) in [5.41, 5.74) is 7.47. The van der Waals surface area contributed by atoms with E-state index in [1.165, 1.54) is 11.1 Å². The van der Waals surface area contributed by atoms with E-state index in [1.807, 2.05) is 109 Å². The molecule has 266 valence electrons. The zero-order chi connectivity index (χ0) is 37.2. The Morgan fingerprint density at radius 3 is 1.25 bits per heavy atom. The lowest BCUT2D eigenvalue weighted by atomic mass is 9.67. The van der Waals surface area contributed by atoms with Crippen LogP contribution in [0, 0.1) is 0 Å². The minimum atomic E-state index is -0.646. The van der Waals surface area contributed by atoms with E-state index in [-0.39, 0.29) is 25.0 Å². The van der Waals surface area contributed by atoms with Crippen LogP contribution in [0.1, 0.15) is 22.3 Å². The van der Waals surface area contributed by atoms with E-state index in [0.717, 1.165) is 43.8 Å². The summed E-state index contributed by atoms with van der Waals surface area (Å²) in [6.07, 6.45) is 0. The summed E-state index contributed by atoms with van der Waals surface area (Å²) < 4.78 is 11.9. The summed E-state index contributed by atoms with van der Waals surface area (Å²) in [7, 11) is 0. The number of carbonyl (C=O) groups excluding carboxylic acids is 2. The predicted octanol–water partition coefficient (Wildman–Crippen LogP) is 10.4. The van der Waals surface area contributed by atoms with E-state index in [9.17, 15) is 9.59 Å². The van der Waals surface area contributed by atoms with Crippen LogP contribution in [0.3, 0.4) is 0 Å². The fourth-order valence-electron chi connectivity index (χ4n) is 7.95. The number of nitrogens with one attached hydrogen (secondary N) is 2. The highest BCUT2D eigenvalue weighted by atomic mass is 16.5. The summed E-state index contributed by atoms with van der Waals surface area (Å²) in [6.45, 7) is -0.225. The van der Waals surface area contributed by atoms with Crippen LogP contribution in [0.15, 0.2) is 182 Å². The summed E-state index contributed by atoms with van der Waals surface area (Å²) in [5.74, 6) is 0.854. The van der Waals surface area contributed by atoms with E-state index < -0.39 is 5.41 Å². The summed E-state index contributed by atoms with van der Waals surface area (Å²) in [6, 6.07) is 60.7. The molecule has 6 heteroatoms. The Morgan fingerprint density at radius 2 is 0.800 bits per heavy atom. The Bertz CT molecular complexity index is 2500. The molecule has 8 aromatic rings. The maximum Gasteiger partial charge on any atom is 0.262 e. The van der Waals surface area contributed by atoms with Crippen molar-refractivity contribution in [2.45, 2.75) is 5.41 Å². The number of benzene rings is 8. The van der Waals surface area contributed by atoms with Gasteiger partial charge in [0.2, 0.25) is 0 Å². The Kier molecular flexibility index (Phi) is 8.77. The van der Waals surface area contributed by atoms with Gasteiger partial charge in [0.25, 0.3) is 11.8 Å². The van der Waals surface area contributed by atoms with Crippen molar-refractivity contribution in [3.63, 3.8) is 0 Å². The minimum absolute atomic E-state index is 0.112. The molecule has 2 amide bonds. The summed E-state index contributed by atoms with van der Waals surface area (Å²) in [4.78, 5) is 26.1. The first kappa shape index (κ1) is 33.6. The van der Waals surface area contributed by atoms with Gasteiger partial charge in [-0.3, -0.25) is 9.59 Å². The third-order valence-electron chi connectivity index (χ3n) is 10.4. The zero-order valence-electron chi connectivity index (χ0n) is 29.9. The van der Waals surface area contributed by atoms with Gasteiger partial charge in [-0.05, 0) is 80.6 Å². The fourth-order valence-corrected chi connectivity index (χ4v) is 7.95. The van der Waals surface area contributed by atoms with Crippen LogP contribution in [0.2, 0.25) is 0 Å². The smallest absolute Gasteiger partial charge is 0.262 e. The van der Waals surface area contributed by atoms with Crippen molar-refractivity contribution in [1.29, 1.82) is 0 Å². The quantitative estimate of drug-likeness (QED) is 0.148. The number of hydrogen-bond donors (Lipinski definition) is 2. The fraction of sp³-hybridized carbons (Fsp3) is 0.0612. The standard InChI is InChI=1S/C49H36N2O4/c52-47(31-54-45-21-9-13-33-11-1-3-15-39(33)45)50-37-27-23-35(24-28-37)49(43-19-7-5-17-41(43)42-18-6-8-20-44(42)49)36-25-29-38(30-26-36)51-48(53)32-55-46-22-10-14-34-12-2-4-16-40(34)46/h1-30H,31-32H2,(H,50,52)(H,51,53). The van der Waals surface area contributed by atoms with Crippen LogP contribution in [0.25, 0.3) is 32.7 Å². The number of rotatable bonds is 10. The Morgan fingerprint density at radius 1 is 0.418 bits per heavy atom. The van der Waals surface area contributed by atoms with Gasteiger partial charge in [-0.1, -0.05) is 146 Å². The molecule has 0 bridgehead atoms. The molecule has 0 unspecified atom stereocenters. The molecule has 0 radical (unpaired) electrons. The largest absolute Gasteiger partial charge is 0.483 e. The van der Waals surface area contributed by atoms with Crippen LogP contribution in [0.5, 0.6) is 11.5 Å². The van der Waals surface area contributed by atoms with Gasteiger partial charge in [-0.25, -0.2) is 0 Å². The Hall–Kier alpha value is -7.18. The second kappa shape index (κ2) is 14.3. The topological polar surface area (TPSA) is 76.7 Å². The molecule has 0 aliphatic heterocycles. The van der Waals surface area contributed by atoms with Crippen molar-refractivity contribution < 1.29 is 19.1 Å². The molecule has 6 nitrogen and oxygen atoms in total. The first-order chi connectivity index (χ1) is 27.1. The van der Waals surface area contributed by atoms with Crippen LogP contribution >= 0.6 is 0 Å². The molecule has 0 saturated carbocycles. The first-order valence-corrected chi connectivity index (χ1v) is 18.3. The van der Waals surface area contributed by atoms with Crippen LogP contribution in [-0.2, 0) is 15.0 Å². The molecule has 2 N–H and O–H groups in total. The summed E-state index contributed by atoms with van der Waals surface area (Å²) in [5, 5.41) is 10.1. The molecule has 0 fully saturated rings. The normalized spacial score (nSPS) is 12.4. The third-order valence-corrected chi connectivity index (χ3v) is 10.4. The number of carbonyl (C=O) groups is 2. The number of ether oxygens (including phenoxy) is 2. The Balaban J connectivity index is 0.973. The van der Waals surface area contributed by atoms with Gasteiger partial charge >= 0.3 is 0 Å². The van der Waals surface area contributed by atoms with Crippen LogP contribution in [-0.4, -0.2) is 25.0 Å². The van der Waals surface area contributed by atoms with E-state index in [2.05, 4.69) is 83.4 Å². The van der Waals surface area contributed by atoms with Crippen molar-refractivity contribution in [2.75, 3.05) is 23.8 Å². The molecular formula is C49H36N2O4. The lowest BCUT2D eigenvalue weighted by Crippen LogP contribution is -2.28. The highest BCUT2D eigenvalue weighted by Crippen LogP contribution is 2.56. The third kappa shape index (κ3) is 6.24. The second-order valence-electron chi connectivity index (χ2n) is 13.6. The summed E-state index contributed by atoms with van der Waals surface area (Å²) >= 11 is 0. The molecule has 55 heavy (non-hydrogen) atoms. The number of amides is 2. The van der Waals surface area contributed by atoms with Gasteiger partial charge in [0.05, 0.1) is 5.41 Å². The molecule has 9 rings (SSSR count). The number of hydrogen-bond acceptors (Lipinski definition) is 4. The molecule has 8 aromatic carbocycles. The molecule has 0 aromatic heterocycles. The van der Waals surface area contributed by atoms with Crippen molar-refractivity contribution in [2.24, 2.45) is 0 Å². The van der Waals surface area contributed by atoms with Crippen LogP contribution in [0.4, 0.5) is 11.4 Å². The maximum absolute atomic E-state index is 13.1. The molecule has 0 saturated heterocycles. The number of anilines is 2.